The fourth-order valence-electron chi connectivity index (χ4n) is 5.14. The van der Waals surface area contributed by atoms with Gasteiger partial charge in [-0.15, -0.1) is 0 Å². The standard InChI is InChI=1S/C16H9F4N3O.C15H19F4N3O/c17-14-7-12(3-4-13(14)16(18,19)20)23-15(6-11(9-24)22-23)10-2-1-5-21-8-10;1-20-12-4-3-11(16)13(15(17,18)19)14(12)22(9-23)10-5-7-21(2)8-6-10/h1-9H;3-4,9-10,20H,5-8H2,1-2H3. The van der Waals surface area contributed by atoms with Gasteiger partial charge in [0.25, 0.3) is 0 Å². The fraction of sp³-hybridized carbons (Fsp3) is 0.290. The highest BCUT2D eigenvalue weighted by Gasteiger charge is 2.41. The van der Waals surface area contributed by atoms with E-state index in [1.54, 1.807) is 18.3 Å². The van der Waals surface area contributed by atoms with Crippen molar-refractivity contribution in [1.29, 1.82) is 0 Å². The van der Waals surface area contributed by atoms with Crippen molar-refractivity contribution < 1.29 is 44.7 Å². The number of hydrogen-bond donors (Lipinski definition) is 1. The Hall–Kier alpha value is -4.86. The average molecular weight is 669 g/mol. The van der Waals surface area contributed by atoms with Crippen LogP contribution in [0.25, 0.3) is 16.9 Å². The van der Waals surface area contributed by atoms with Crippen LogP contribution in [0.4, 0.5) is 46.5 Å². The van der Waals surface area contributed by atoms with Gasteiger partial charge in [-0.3, -0.25) is 14.6 Å². The normalized spacial score (nSPS) is 14.3. The van der Waals surface area contributed by atoms with Crippen LogP contribution in [0.2, 0.25) is 0 Å². The van der Waals surface area contributed by atoms with Crippen molar-refractivity contribution in [2.75, 3.05) is 37.4 Å². The van der Waals surface area contributed by atoms with Gasteiger partial charge in [-0.2, -0.15) is 31.4 Å². The largest absolute Gasteiger partial charge is 0.421 e. The Labute approximate surface area is 263 Å². The number of pyridine rings is 1. The summed E-state index contributed by atoms with van der Waals surface area (Å²) in [5, 5.41) is 6.60. The lowest BCUT2D eigenvalue weighted by molar-refractivity contribution is -0.140. The lowest BCUT2D eigenvalue weighted by Gasteiger charge is -2.37. The molecule has 0 atom stereocenters. The maximum absolute atomic E-state index is 13.9. The van der Waals surface area contributed by atoms with Gasteiger partial charge < -0.3 is 15.1 Å². The molecule has 1 fully saturated rings. The molecule has 0 aliphatic carbocycles. The van der Waals surface area contributed by atoms with Gasteiger partial charge in [0, 0.05) is 37.1 Å². The first-order chi connectivity index (χ1) is 22.2. The van der Waals surface area contributed by atoms with E-state index in [0.717, 1.165) is 23.1 Å². The molecule has 1 saturated heterocycles. The Kier molecular flexibility index (Phi) is 10.6. The predicted octanol–water partition coefficient (Wildman–Crippen LogP) is 6.85. The van der Waals surface area contributed by atoms with E-state index in [9.17, 15) is 44.7 Å². The molecule has 16 heteroatoms. The Morgan fingerprint density at radius 2 is 1.64 bits per heavy atom. The predicted molar refractivity (Wildman–Crippen MR) is 157 cm³/mol. The summed E-state index contributed by atoms with van der Waals surface area (Å²) >= 11 is 0. The molecule has 1 aliphatic rings. The Morgan fingerprint density at radius 1 is 0.936 bits per heavy atom. The summed E-state index contributed by atoms with van der Waals surface area (Å²) in [4.78, 5) is 29.5. The molecule has 2 aromatic heterocycles. The summed E-state index contributed by atoms with van der Waals surface area (Å²) in [6, 6.07) is 8.83. The second kappa shape index (κ2) is 14.3. The van der Waals surface area contributed by atoms with E-state index < -0.39 is 46.8 Å². The second-order valence-corrected chi connectivity index (χ2v) is 10.5. The lowest BCUT2D eigenvalue weighted by Crippen LogP contribution is -2.44. The highest BCUT2D eigenvalue weighted by molar-refractivity contribution is 5.87. The highest BCUT2D eigenvalue weighted by Crippen LogP contribution is 2.43. The molecule has 5 rings (SSSR count). The molecule has 250 valence electrons. The number of amides is 1. The van der Waals surface area contributed by atoms with Gasteiger partial charge in [0.2, 0.25) is 6.41 Å². The van der Waals surface area contributed by atoms with Crippen LogP contribution in [0.5, 0.6) is 0 Å². The van der Waals surface area contributed by atoms with Crippen molar-refractivity contribution in [1.82, 2.24) is 19.7 Å². The number of rotatable bonds is 7. The third-order valence-corrected chi connectivity index (χ3v) is 7.44. The molecule has 1 N–H and O–H groups in total. The first-order valence-corrected chi connectivity index (χ1v) is 14.0. The van der Waals surface area contributed by atoms with Gasteiger partial charge in [0.15, 0.2) is 6.29 Å². The number of alkyl halides is 6. The van der Waals surface area contributed by atoms with Crippen LogP contribution in [0, 0.1) is 11.6 Å². The number of anilines is 2. The van der Waals surface area contributed by atoms with Crippen molar-refractivity contribution in [3.8, 4) is 16.9 Å². The van der Waals surface area contributed by atoms with E-state index in [0.29, 0.717) is 56.0 Å². The third-order valence-electron chi connectivity index (χ3n) is 7.44. The van der Waals surface area contributed by atoms with Crippen molar-refractivity contribution >= 4 is 24.1 Å². The van der Waals surface area contributed by atoms with Crippen LogP contribution in [-0.4, -0.2) is 65.6 Å². The Balaban J connectivity index is 0.000000213. The summed E-state index contributed by atoms with van der Waals surface area (Å²) in [5.74, 6) is -2.80. The zero-order chi connectivity index (χ0) is 34.5. The number of nitrogens with one attached hydrogen (secondary N) is 1. The number of carbonyl (C=O) groups excluding carboxylic acids is 2. The summed E-state index contributed by atoms with van der Waals surface area (Å²) in [7, 11) is 3.35. The third kappa shape index (κ3) is 7.93. The maximum Gasteiger partial charge on any atom is 0.421 e. The molecule has 47 heavy (non-hydrogen) atoms. The summed E-state index contributed by atoms with van der Waals surface area (Å²) in [5.41, 5.74) is -2.02. The zero-order valence-corrected chi connectivity index (χ0v) is 24.9. The molecule has 1 amide bonds. The Bertz CT molecular complexity index is 1700. The maximum atomic E-state index is 13.9. The SMILES string of the molecule is CNc1ccc(F)c(C(F)(F)F)c1N(C=O)C1CCN(C)CC1.O=Cc1cc(-c2cccnc2)n(-c2ccc(C(F)(F)F)c(F)c2)n1. The first-order valence-electron chi connectivity index (χ1n) is 14.0. The van der Waals surface area contributed by atoms with Gasteiger partial charge in [0.1, 0.15) is 22.9 Å². The van der Waals surface area contributed by atoms with Crippen molar-refractivity contribution in [3.63, 3.8) is 0 Å². The molecule has 0 unspecified atom stereocenters. The van der Waals surface area contributed by atoms with E-state index in [-0.39, 0.29) is 17.1 Å². The number of piperidine rings is 1. The van der Waals surface area contributed by atoms with Crippen LogP contribution in [0.3, 0.4) is 0 Å². The van der Waals surface area contributed by atoms with Crippen molar-refractivity contribution in [3.05, 3.63) is 89.4 Å². The van der Waals surface area contributed by atoms with E-state index in [4.69, 9.17) is 0 Å². The summed E-state index contributed by atoms with van der Waals surface area (Å²) in [6.07, 6.45) is -4.70. The van der Waals surface area contributed by atoms with Gasteiger partial charge in [-0.25, -0.2) is 13.5 Å². The first kappa shape index (κ1) is 35.0. The van der Waals surface area contributed by atoms with Gasteiger partial charge in [-0.05, 0) is 75.4 Å². The number of carbonyl (C=O) groups is 2. The molecule has 0 saturated carbocycles. The zero-order valence-electron chi connectivity index (χ0n) is 24.9. The molecule has 0 spiro atoms. The summed E-state index contributed by atoms with van der Waals surface area (Å²) < 4.78 is 107. The van der Waals surface area contributed by atoms with E-state index in [1.165, 1.54) is 30.1 Å². The average Bonchev–Trinajstić information content (AvgIpc) is 3.47. The summed E-state index contributed by atoms with van der Waals surface area (Å²) in [6.45, 7) is 1.33. The van der Waals surface area contributed by atoms with E-state index in [2.05, 4.69) is 15.4 Å². The number of benzene rings is 2. The second-order valence-electron chi connectivity index (χ2n) is 10.5. The monoisotopic (exact) mass is 668 g/mol. The molecule has 0 bridgehead atoms. The molecule has 8 nitrogen and oxygen atoms in total. The minimum atomic E-state index is -4.89. The smallest absolute Gasteiger partial charge is 0.386 e. The minimum Gasteiger partial charge on any atom is -0.386 e. The van der Waals surface area contributed by atoms with Crippen molar-refractivity contribution in [2.24, 2.45) is 0 Å². The molecule has 0 radical (unpaired) electrons. The number of halogens is 8. The number of aldehydes is 1. The minimum absolute atomic E-state index is 0.0625. The highest BCUT2D eigenvalue weighted by atomic mass is 19.4. The molecule has 3 heterocycles. The number of likely N-dealkylation sites (tertiary alicyclic amines) is 1. The molecular formula is C31H28F8N6O2. The fourth-order valence-corrected chi connectivity index (χ4v) is 5.14. The number of hydrogen-bond acceptors (Lipinski definition) is 6. The molecule has 2 aromatic carbocycles. The van der Waals surface area contributed by atoms with Crippen LogP contribution >= 0.6 is 0 Å². The van der Waals surface area contributed by atoms with Crippen LogP contribution in [0.1, 0.15) is 34.5 Å². The van der Waals surface area contributed by atoms with Crippen LogP contribution in [0.15, 0.2) is 60.9 Å². The topological polar surface area (TPSA) is 83.4 Å². The molecular weight excluding hydrogens is 640 g/mol. The van der Waals surface area contributed by atoms with E-state index in [1.807, 2.05) is 11.9 Å². The van der Waals surface area contributed by atoms with Crippen molar-refractivity contribution in [2.45, 2.75) is 31.2 Å². The van der Waals surface area contributed by atoms with E-state index >= 15 is 0 Å². The van der Waals surface area contributed by atoms with Gasteiger partial charge in [0.05, 0.1) is 28.3 Å². The number of nitrogens with zero attached hydrogens (tertiary/aromatic N) is 5. The lowest BCUT2D eigenvalue weighted by atomic mass is 10.0. The van der Waals surface area contributed by atoms with Gasteiger partial charge in [-0.1, -0.05) is 0 Å². The molecule has 1 aliphatic heterocycles. The van der Waals surface area contributed by atoms with Crippen LogP contribution < -0.4 is 10.2 Å². The van der Waals surface area contributed by atoms with Gasteiger partial charge >= 0.3 is 12.4 Å². The Morgan fingerprint density at radius 3 is 2.17 bits per heavy atom. The quantitative estimate of drug-likeness (QED) is 0.172. The number of aromatic nitrogens is 3. The van der Waals surface area contributed by atoms with Crippen LogP contribution in [-0.2, 0) is 17.1 Å². The molecule has 4 aromatic rings.